The van der Waals surface area contributed by atoms with Crippen LogP contribution in [-0.4, -0.2) is 22.1 Å². The highest BCUT2D eigenvalue weighted by Crippen LogP contribution is 2.45. The van der Waals surface area contributed by atoms with Gasteiger partial charge in [0, 0.05) is 23.8 Å². The molecule has 0 aliphatic carbocycles. The van der Waals surface area contributed by atoms with Crippen LogP contribution in [0.3, 0.4) is 0 Å². The smallest absolute Gasteiger partial charge is 0.310 e. The maximum absolute atomic E-state index is 13.0. The lowest BCUT2D eigenvalue weighted by Gasteiger charge is -2.31. The SMILES string of the molecule is O=C(CC1N(c2ccccc2)c2nccnc2N1c1ccccc1)OCc1ccccc1. The largest absolute Gasteiger partial charge is 0.461 e. The molecule has 0 fully saturated rings. The third-order valence-corrected chi connectivity index (χ3v) is 5.37. The normalized spacial score (nSPS) is 13.1. The number of fused-ring (bicyclic) bond motifs is 1. The lowest BCUT2D eigenvalue weighted by atomic mass is 10.2. The first-order valence-electron chi connectivity index (χ1n) is 10.5. The first kappa shape index (κ1) is 19.8. The number of ether oxygens (including phenoxy) is 1. The van der Waals surface area contributed by atoms with Gasteiger partial charge in [0.05, 0.1) is 6.42 Å². The highest BCUT2D eigenvalue weighted by atomic mass is 16.5. The van der Waals surface area contributed by atoms with Gasteiger partial charge in [-0.15, -0.1) is 0 Å². The molecule has 0 N–H and O–H groups in total. The van der Waals surface area contributed by atoms with Gasteiger partial charge in [0.15, 0.2) is 11.6 Å². The van der Waals surface area contributed by atoms with E-state index in [2.05, 4.69) is 19.8 Å². The van der Waals surface area contributed by atoms with Crippen molar-refractivity contribution in [3.05, 3.63) is 109 Å². The fourth-order valence-electron chi connectivity index (χ4n) is 3.96. The Morgan fingerprint density at radius 2 is 1.19 bits per heavy atom. The molecular formula is C26H22N4O2. The minimum absolute atomic E-state index is 0.147. The Morgan fingerprint density at radius 3 is 1.69 bits per heavy atom. The zero-order valence-electron chi connectivity index (χ0n) is 17.4. The maximum atomic E-state index is 13.0. The van der Waals surface area contributed by atoms with Crippen LogP contribution >= 0.6 is 0 Å². The van der Waals surface area contributed by atoms with Crippen LogP contribution in [0.5, 0.6) is 0 Å². The van der Waals surface area contributed by atoms with Gasteiger partial charge in [-0.1, -0.05) is 66.7 Å². The van der Waals surface area contributed by atoms with E-state index in [0.29, 0.717) is 11.6 Å². The summed E-state index contributed by atoms with van der Waals surface area (Å²) in [6.45, 7) is 0.243. The Morgan fingerprint density at radius 1 is 0.719 bits per heavy atom. The number of esters is 1. The molecule has 3 aromatic carbocycles. The third kappa shape index (κ3) is 3.90. The number of aromatic nitrogens is 2. The number of hydrogen-bond acceptors (Lipinski definition) is 6. The fourth-order valence-corrected chi connectivity index (χ4v) is 3.96. The maximum Gasteiger partial charge on any atom is 0.310 e. The van der Waals surface area contributed by atoms with Crippen molar-refractivity contribution in [1.29, 1.82) is 0 Å². The summed E-state index contributed by atoms with van der Waals surface area (Å²) >= 11 is 0. The van der Waals surface area contributed by atoms with Crippen molar-refractivity contribution in [2.24, 2.45) is 0 Å². The number of rotatable bonds is 6. The number of carbonyl (C=O) groups is 1. The zero-order chi connectivity index (χ0) is 21.8. The van der Waals surface area contributed by atoms with Crippen LogP contribution in [0.4, 0.5) is 23.0 Å². The minimum atomic E-state index is -0.361. The van der Waals surface area contributed by atoms with E-state index >= 15 is 0 Å². The summed E-state index contributed by atoms with van der Waals surface area (Å²) in [6.07, 6.45) is 3.14. The Hall–Kier alpha value is -4.19. The first-order chi connectivity index (χ1) is 15.8. The average molecular weight is 422 g/mol. The summed E-state index contributed by atoms with van der Waals surface area (Å²) in [4.78, 5) is 26.3. The molecule has 6 nitrogen and oxygen atoms in total. The molecule has 4 aromatic rings. The minimum Gasteiger partial charge on any atom is -0.461 e. The van der Waals surface area contributed by atoms with Gasteiger partial charge in [-0.25, -0.2) is 9.97 Å². The van der Waals surface area contributed by atoms with Crippen LogP contribution in [0.2, 0.25) is 0 Å². The van der Waals surface area contributed by atoms with Gasteiger partial charge < -0.3 is 14.5 Å². The highest BCUT2D eigenvalue weighted by Gasteiger charge is 2.41. The standard InChI is InChI=1S/C26H22N4O2/c31-24(32-19-20-10-4-1-5-11-20)18-23-29(21-12-6-2-7-13-21)25-26(28-17-16-27-25)30(23)22-14-8-3-9-15-22/h1-17,23H,18-19H2. The number of para-hydroxylation sites is 2. The summed E-state index contributed by atoms with van der Waals surface area (Å²) in [7, 11) is 0. The lowest BCUT2D eigenvalue weighted by molar-refractivity contribution is -0.145. The Kier molecular flexibility index (Phi) is 5.49. The van der Waals surface area contributed by atoms with E-state index in [9.17, 15) is 4.79 Å². The molecule has 1 aliphatic heterocycles. The summed E-state index contributed by atoms with van der Waals surface area (Å²) in [5.74, 6) is 1.14. The Labute approximate surface area is 186 Å². The van der Waals surface area contributed by atoms with E-state index in [4.69, 9.17) is 4.74 Å². The molecule has 0 saturated carbocycles. The second-order valence-corrected chi connectivity index (χ2v) is 7.45. The van der Waals surface area contributed by atoms with E-state index in [1.165, 1.54) is 0 Å². The molecule has 0 bridgehead atoms. The fraction of sp³-hybridized carbons (Fsp3) is 0.115. The van der Waals surface area contributed by atoms with Gasteiger partial charge in [0.2, 0.25) is 0 Å². The van der Waals surface area contributed by atoms with Crippen LogP contribution in [-0.2, 0) is 16.1 Å². The molecule has 158 valence electrons. The van der Waals surface area contributed by atoms with E-state index < -0.39 is 0 Å². The average Bonchev–Trinajstić information content (AvgIpc) is 3.18. The number of hydrogen-bond donors (Lipinski definition) is 0. The number of benzene rings is 3. The number of nitrogens with zero attached hydrogens (tertiary/aromatic N) is 4. The Bertz CT molecular complexity index is 1120. The molecule has 0 radical (unpaired) electrons. The Balaban J connectivity index is 1.49. The highest BCUT2D eigenvalue weighted by molar-refractivity contribution is 5.85. The molecule has 0 unspecified atom stereocenters. The predicted octanol–water partition coefficient (Wildman–Crippen LogP) is 5.23. The van der Waals surface area contributed by atoms with Crippen LogP contribution in [0.15, 0.2) is 103 Å². The molecule has 32 heavy (non-hydrogen) atoms. The number of carbonyl (C=O) groups excluding carboxylic acids is 1. The number of anilines is 4. The van der Waals surface area contributed by atoms with Crippen molar-refractivity contribution in [1.82, 2.24) is 9.97 Å². The summed E-state index contributed by atoms with van der Waals surface area (Å²) in [6, 6.07) is 29.6. The van der Waals surface area contributed by atoms with Gasteiger partial charge in [-0.2, -0.15) is 0 Å². The molecule has 5 rings (SSSR count). The summed E-state index contributed by atoms with van der Waals surface area (Å²) < 4.78 is 5.62. The molecule has 0 spiro atoms. The van der Waals surface area contributed by atoms with E-state index in [-0.39, 0.29) is 25.2 Å². The zero-order valence-corrected chi connectivity index (χ0v) is 17.4. The van der Waals surface area contributed by atoms with Crippen molar-refractivity contribution >= 4 is 29.0 Å². The molecular weight excluding hydrogens is 400 g/mol. The monoisotopic (exact) mass is 422 g/mol. The predicted molar refractivity (Wildman–Crippen MR) is 124 cm³/mol. The topological polar surface area (TPSA) is 58.6 Å². The van der Waals surface area contributed by atoms with Crippen molar-refractivity contribution in [2.45, 2.75) is 19.2 Å². The lowest BCUT2D eigenvalue weighted by Crippen LogP contribution is -2.40. The van der Waals surface area contributed by atoms with E-state index in [1.807, 2.05) is 91.0 Å². The molecule has 0 amide bonds. The second kappa shape index (κ2) is 8.89. The van der Waals surface area contributed by atoms with Gasteiger partial charge in [0.25, 0.3) is 0 Å². The first-order valence-corrected chi connectivity index (χ1v) is 10.5. The van der Waals surface area contributed by atoms with Crippen molar-refractivity contribution in [3.63, 3.8) is 0 Å². The van der Waals surface area contributed by atoms with E-state index in [0.717, 1.165) is 16.9 Å². The van der Waals surface area contributed by atoms with Gasteiger partial charge in [-0.3, -0.25) is 4.79 Å². The van der Waals surface area contributed by atoms with Crippen LogP contribution in [0.25, 0.3) is 0 Å². The van der Waals surface area contributed by atoms with Crippen molar-refractivity contribution in [2.75, 3.05) is 9.80 Å². The molecule has 0 saturated heterocycles. The molecule has 0 atom stereocenters. The summed E-state index contributed by atoms with van der Waals surface area (Å²) in [5, 5.41) is 0. The van der Waals surface area contributed by atoms with Crippen LogP contribution in [0, 0.1) is 0 Å². The van der Waals surface area contributed by atoms with E-state index in [1.54, 1.807) is 12.4 Å². The molecule has 6 heteroatoms. The van der Waals surface area contributed by atoms with Crippen LogP contribution in [0.1, 0.15) is 12.0 Å². The van der Waals surface area contributed by atoms with Gasteiger partial charge >= 0.3 is 5.97 Å². The van der Waals surface area contributed by atoms with Crippen molar-refractivity contribution in [3.8, 4) is 0 Å². The second-order valence-electron chi connectivity index (χ2n) is 7.45. The molecule has 1 aliphatic rings. The van der Waals surface area contributed by atoms with Gasteiger partial charge in [0.1, 0.15) is 12.8 Å². The third-order valence-electron chi connectivity index (χ3n) is 5.37. The van der Waals surface area contributed by atoms with Gasteiger partial charge in [-0.05, 0) is 29.8 Å². The quantitative estimate of drug-likeness (QED) is 0.397. The summed E-state index contributed by atoms with van der Waals surface area (Å²) in [5.41, 5.74) is 2.83. The van der Waals surface area contributed by atoms with Crippen molar-refractivity contribution < 1.29 is 9.53 Å². The van der Waals surface area contributed by atoms with Crippen LogP contribution < -0.4 is 9.80 Å². The molecule has 2 heterocycles. The molecule has 1 aromatic heterocycles.